The van der Waals surface area contributed by atoms with E-state index in [9.17, 15) is 4.79 Å². The lowest BCUT2D eigenvalue weighted by Crippen LogP contribution is -2.44. The number of ether oxygens (including phenoxy) is 2. The topological polar surface area (TPSA) is 66.1 Å². The van der Waals surface area contributed by atoms with E-state index < -0.39 is 0 Å². The Labute approximate surface area is 206 Å². The van der Waals surface area contributed by atoms with E-state index in [2.05, 4.69) is 51.7 Å². The number of nitrogens with one attached hydrogen (secondary N) is 2. The summed E-state index contributed by atoms with van der Waals surface area (Å²) in [7, 11) is 5.34. The molecule has 5 rings (SSSR count). The summed E-state index contributed by atoms with van der Waals surface area (Å²) in [6.07, 6.45) is 0. The van der Waals surface area contributed by atoms with Crippen molar-refractivity contribution in [2.24, 2.45) is 0 Å². The molecule has 0 atom stereocenters. The molecule has 0 radical (unpaired) electrons. The summed E-state index contributed by atoms with van der Waals surface area (Å²) >= 11 is 0. The van der Waals surface area contributed by atoms with E-state index in [1.54, 1.807) is 20.3 Å². The minimum atomic E-state index is -0.171. The second kappa shape index (κ2) is 9.72. The van der Waals surface area contributed by atoms with Crippen molar-refractivity contribution >= 4 is 34.2 Å². The molecule has 35 heavy (non-hydrogen) atoms. The molecule has 3 aromatic rings. The number of carbonyl (C=O) groups is 1. The summed E-state index contributed by atoms with van der Waals surface area (Å²) in [4.78, 5) is 18.0. The van der Waals surface area contributed by atoms with E-state index in [0.717, 1.165) is 48.7 Å². The molecule has 0 unspecified atom stereocenters. The Balaban J connectivity index is 1.53. The summed E-state index contributed by atoms with van der Waals surface area (Å²) < 4.78 is 10.9. The van der Waals surface area contributed by atoms with Gasteiger partial charge in [-0.05, 0) is 42.9 Å². The van der Waals surface area contributed by atoms with Crippen LogP contribution in [0.4, 0.5) is 17.1 Å². The Hall–Kier alpha value is -3.97. The van der Waals surface area contributed by atoms with Crippen molar-refractivity contribution in [3.05, 3.63) is 77.9 Å². The Bertz CT molecular complexity index is 1250. The highest BCUT2D eigenvalue weighted by atomic mass is 16.5. The van der Waals surface area contributed by atoms with Gasteiger partial charge in [-0.3, -0.25) is 4.79 Å². The molecule has 1 amide bonds. The van der Waals surface area contributed by atoms with Gasteiger partial charge in [0.1, 0.15) is 0 Å². The fourth-order valence-electron chi connectivity index (χ4n) is 4.59. The molecule has 0 aliphatic carbocycles. The molecule has 0 spiro atoms. The van der Waals surface area contributed by atoms with Crippen molar-refractivity contribution in [1.82, 2.24) is 4.90 Å². The zero-order valence-corrected chi connectivity index (χ0v) is 20.3. The van der Waals surface area contributed by atoms with Gasteiger partial charge in [0.05, 0.1) is 31.2 Å². The number of likely N-dealkylation sites (N-methyl/N-ethyl adjacent to an activating group) is 1. The number of piperazine rings is 1. The molecule has 0 aromatic heterocycles. The first-order valence-corrected chi connectivity index (χ1v) is 11.8. The lowest BCUT2D eigenvalue weighted by molar-refractivity contribution is -0.110. The molecular weight excluding hydrogens is 440 g/mol. The van der Waals surface area contributed by atoms with Crippen LogP contribution in [0, 0.1) is 0 Å². The van der Waals surface area contributed by atoms with Crippen LogP contribution in [0.15, 0.2) is 66.7 Å². The zero-order chi connectivity index (χ0) is 24.4. The molecule has 180 valence electrons. The number of nitrogens with zero attached hydrogens (tertiary/aromatic N) is 2. The molecule has 0 saturated carbocycles. The first kappa shape index (κ1) is 22.8. The van der Waals surface area contributed by atoms with Crippen LogP contribution in [0.1, 0.15) is 11.1 Å². The fourth-order valence-corrected chi connectivity index (χ4v) is 4.59. The van der Waals surface area contributed by atoms with Gasteiger partial charge in [0.15, 0.2) is 11.5 Å². The van der Waals surface area contributed by atoms with Crippen LogP contribution in [0.5, 0.6) is 11.5 Å². The van der Waals surface area contributed by atoms with Crippen LogP contribution >= 0.6 is 0 Å². The van der Waals surface area contributed by atoms with E-state index in [4.69, 9.17) is 9.47 Å². The fraction of sp³-hybridized carbons (Fsp3) is 0.250. The highest BCUT2D eigenvalue weighted by Crippen LogP contribution is 2.43. The molecule has 0 bridgehead atoms. The summed E-state index contributed by atoms with van der Waals surface area (Å²) in [5, 5.41) is 6.51. The number of fused-ring (bicyclic) bond motifs is 1. The number of hydrogen-bond acceptors (Lipinski definition) is 6. The lowest BCUT2D eigenvalue weighted by atomic mass is 9.99. The van der Waals surface area contributed by atoms with Crippen LogP contribution in [0.3, 0.4) is 0 Å². The predicted molar refractivity (Wildman–Crippen MR) is 141 cm³/mol. The van der Waals surface area contributed by atoms with Gasteiger partial charge in [0.25, 0.3) is 5.91 Å². The van der Waals surface area contributed by atoms with Crippen molar-refractivity contribution in [2.75, 3.05) is 63.0 Å². The Morgan fingerprint density at radius 2 is 1.54 bits per heavy atom. The normalized spacial score (nSPS) is 17.0. The van der Waals surface area contributed by atoms with Crippen molar-refractivity contribution in [3.8, 4) is 11.5 Å². The van der Waals surface area contributed by atoms with E-state index in [1.807, 2.05) is 36.4 Å². The van der Waals surface area contributed by atoms with Crippen LogP contribution in [-0.4, -0.2) is 58.3 Å². The molecule has 7 nitrogen and oxygen atoms in total. The summed E-state index contributed by atoms with van der Waals surface area (Å²) in [5.74, 6) is 0.974. The van der Waals surface area contributed by atoms with Gasteiger partial charge < -0.3 is 29.9 Å². The number of anilines is 3. The minimum absolute atomic E-state index is 0.171. The maximum absolute atomic E-state index is 13.2. The second-order valence-electron chi connectivity index (χ2n) is 8.79. The SMILES string of the molecule is COc1cc2c(cc1OC)/C(=C(/Nc1ccc(N3CCN(C)CC3)cc1)c1ccccc1)C(=O)N2. The van der Waals surface area contributed by atoms with Crippen molar-refractivity contribution in [2.45, 2.75) is 0 Å². The zero-order valence-electron chi connectivity index (χ0n) is 20.3. The van der Waals surface area contributed by atoms with Crippen molar-refractivity contribution < 1.29 is 14.3 Å². The molecule has 7 heteroatoms. The minimum Gasteiger partial charge on any atom is -0.493 e. The third-order valence-electron chi connectivity index (χ3n) is 6.59. The number of amides is 1. The Morgan fingerprint density at radius 1 is 0.886 bits per heavy atom. The van der Waals surface area contributed by atoms with Crippen LogP contribution in [0.2, 0.25) is 0 Å². The van der Waals surface area contributed by atoms with Gasteiger partial charge in [0, 0.05) is 49.2 Å². The second-order valence-corrected chi connectivity index (χ2v) is 8.79. The quantitative estimate of drug-likeness (QED) is 0.521. The van der Waals surface area contributed by atoms with E-state index >= 15 is 0 Å². The number of rotatable bonds is 6. The third kappa shape index (κ3) is 4.55. The first-order valence-electron chi connectivity index (χ1n) is 11.8. The van der Waals surface area contributed by atoms with Crippen LogP contribution < -0.4 is 25.0 Å². The van der Waals surface area contributed by atoms with Gasteiger partial charge >= 0.3 is 0 Å². The average Bonchev–Trinajstić information content (AvgIpc) is 3.22. The highest BCUT2D eigenvalue weighted by Gasteiger charge is 2.30. The maximum atomic E-state index is 13.2. The predicted octanol–water partition coefficient (Wildman–Crippen LogP) is 4.39. The summed E-state index contributed by atoms with van der Waals surface area (Å²) in [6.45, 7) is 4.16. The number of methoxy groups -OCH3 is 2. The van der Waals surface area contributed by atoms with Gasteiger partial charge in [-0.1, -0.05) is 30.3 Å². The molecule has 1 fully saturated rings. The van der Waals surface area contributed by atoms with Crippen molar-refractivity contribution in [3.63, 3.8) is 0 Å². The van der Waals surface area contributed by atoms with Gasteiger partial charge in [-0.15, -0.1) is 0 Å². The van der Waals surface area contributed by atoms with E-state index in [0.29, 0.717) is 22.8 Å². The monoisotopic (exact) mass is 470 g/mol. The summed E-state index contributed by atoms with van der Waals surface area (Å²) in [5.41, 5.74) is 5.81. The van der Waals surface area contributed by atoms with Gasteiger partial charge in [0.2, 0.25) is 0 Å². The molecular formula is C28H30N4O3. The van der Waals surface area contributed by atoms with Crippen molar-refractivity contribution in [1.29, 1.82) is 0 Å². The molecule has 2 aliphatic heterocycles. The Morgan fingerprint density at radius 3 is 2.20 bits per heavy atom. The lowest BCUT2D eigenvalue weighted by Gasteiger charge is -2.34. The number of hydrogen-bond donors (Lipinski definition) is 2. The van der Waals surface area contributed by atoms with E-state index in [-0.39, 0.29) is 5.91 Å². The molecule has 2 N–H and O–H groups in total. The third-order valence-corrected chi connectivity index (χ3v) is 6.59. The summed E-state index contributed by atoms with van der Waals surface area (Å²) in [6, 6.07) is 22.0. The smallest absolute Gasteiger partial charge is 0.258 e. The molecule has 2 heterocycles. The molecule has 1 saturated heterocycles. The van der Waals surface area contributed by atoms with Gasteiger partial charge in [-0.25, -0.2) is 0 Å². The highest BCUT2D eigenvalue weighted by molar-refractivity contribution is 6.37. The number of carbonyl (C=O) groups excluding carboxylic acids is 1. The van der Waals surface area contributed by atoms with Crippen LogP contribution in [-0.2, 0) is 4.79 Å². The molecule has 3 aromatic carbocycles. The van der Waals surface area contributed by atoms with Crippen LogP contribution in [0.25, 0.3) is 11.3 Å². The first-order chi connectivity index (χ1) is 17.1. The van der Waals surface area contributed by atoms with Gasteiger partial charge in [-0.2, -0.15) is 0 Å². The number of benzene rings is 3. The standard InChI is InChI=1S/C28H30N4O3/c1-31-13-15-32(16-14-31)21-11-9-20(10-12-21)29-27(19-7-5-4-6-8-19)26-22-17-24(34-2)25(35-3)18-23(22)30-28(26)33/h4-12,17-18,29H,13-16H2,1-3H3,(H,30,33)/b27-26-. The van der Waals surface area contributed by atoms with E-state index in [1.165, 1.54) is 5.69 Å². The Kier molecular flexibility index (Phi) is 6.33. The largest absolute Gasteiger partial charge is 0.493 e. The molecule has 2 aliphatic rings. The maximum Gasteiger partial charge on any atom is 0.258 e. The average molecular weight is 471 g/mol.